The predicted molar refractivity (Wildman–Crippen MR) is 85.9 cm³/mol. The van der Waals surface area contributed by atoms with E-state index in [0.29, 0.717) is 11.5 Å². The van der Waals surface area contributed by atoms with Gasteiger partial charge in [-0.3, -0.25) is 0 Å². The van der Waals surface area contributed by atoms with Crippen molar-refractivity contribution < 1.29 is 4.74 Å². The van der Waals surface area contributed by atoms with Crippen LogP contribution >= 0.6 is 15.9 Å². The lowest BCUT2D eigenvalue weighted by Gasteiger charge is -2.27. The van der Waals surface area contributed by atoms with Gasteiger partial charge in [-0.25, -0.2) is 0 Å². The molecule has 0 saturated heterocycles. The van der Waals surface area contributed by atoms with Gasteiger partial charge in [0.15, 0.2) is 0 Å². The van der Waals surface area contributed by atoms with Gasteiger partial charge in [0.05, 0.1) is 11.6 Å². The monoisotopic (exact) mass is 327 g/mol. The number of nitrogens with one attached hydrogen (secondary N) is 1. The van der Waals surface area contributed by atoms with Crippen molar-refractivity contribution in [2.75, 3.05) is 13.7 Å². The number of rotatable bonds is 6. The Morgan fingerprint density at radius 2 is 2.00 bits per heavy atom. The van der Waals surface area contributed by atoms with Crippen molar-refractivity contribution in [3.05, 3.63) is 28.2 Å². The Labute approximate surface area is 126 Å². The minimum atomic E-state index is 0.344. The summed E-state index contributed by atoms with van der Waals surface area (Å²) in [6, 6.07) is 6.85. The second-order valence-corrected chi connectivity index (χ2v) is 7.05. The fourth-order valence-corrected chi connectivity index (χ4v) is 2.95. The highest BCUT2D eigenvalue weighted by Gasteiger charge is 2.18. The number of likely N-dealkylation sites (N-methyl/N-ethyl adjacent to an activating group) is 1. The van der Waals surface area contributed by atoms with Crippen LogP contribution in [0.4, 0.5) is 0 Å². The SMILES string of the molecule is CCNC(Cc1ccc(OC)c(Br)c1)CC(C)(C)C. The minimum Gasteiger partial charge on any atom is -0.496 e. The number of ether oxygens (including phenoxy) is 1. The molecule has 0 aliphatic rings. The molecule has 0 aliphatic heterocycles. The van der Waals surface area contributed by atoms with Crippen molar-refractivity contribution in [3.8, 4) is 5.75 Å². The molecule has 0 aliphatic carbocycles. The Hall–Kier alpha value is -0.540. The number of halogens is 1. The van der Waals surface area contributed by atoms with E-state index in [-0.39, 0.29) is 0 Å². The number of methoxy groups -OCH3 is 1. The van der Waals surface area contributed by atoms with Crippen LogP contribution in [0.3, 0.4) is 0 Å². The summed E-state index contributed by atoms with van der Waals surface area (Å²) < 4.78 is 6.30. The lowest BCUT2D eigenvalue weighted by molar-refractivity contribution is 0.309. The zero-order valence-electron chi connectivity index (χ0n) is 12.7. The molecule has 3 heteroatoms. The molecule has 1 atom stereocenters. The van der Waals surface area contributed by atoms with E-state index in [1.54, 1.807) is 7.11 Å². The normalized spacial score (nSPS) is 13.4. The minimum absolute atomic E-state index is 0.344. The van der Waals surface area contributed by atoms with Gasteiger partial charge in [-0.15, -0.1) is 0 Å². The van der Waals surface area contributed by atoms with Crippen LogP contribution in [0.2, 0.25) is 0 Å². The maximum absolute atomic E-state index is 5.27. The lowest BCUT2D eigenvalue weighted by Crippen LogP contribution is -2.34. The maximum Gasteiger partial charge on any atom is 0.133 e. The molecule has 0 heterocycles. The second kappa shape index (κ2) is 7.30. The van der Waals surface area contributed by atoms with Crippen molar-refractivity contribution in [1.82, 2.24) is 5.32 Å². The van der Waals surface area contributed by atoms with E-state index < -0.39 is 0 Å². The highest BCUT2D eigenvalue weighted by Crippen LogP contribution is 2.27. The topological polar surface area (TPSA) is 21.3 Å². The molecule has 0 bridgehead atoms. The predicted octanol–water partition coefficient (Wildman–Crippen LogP) is 4.41. The summed E-state index contributed by atoms with van der Waals surface area (Å²) in [5, 5.41) is 3.59. The molecule has 1 unspecified atom stereocenters. The fourth-order valence-electron chi connectivity index (χ4n) is 2.37. The zero-order valence-corrected chi connectivity index (χ0v) is 14.3. The lowest BCUT2D eigenvalue weighted by atomic mass is 9.86. The van der Waals surface area contributed by atoms with E-state index in [0.717, 1.165) is 23.2 Å². The third-order valence-electron chi connectivity index (χ3n) is 3.05. The molecule has 1 rings (SSSR count). The molecule has 0 fully saturated rings. The fraction of sp³-hybridized carbons (Fsp3) is 0.625. The molecule has 19 heavy (non-hydrogen) atoms. The third kappa shape index (κ3) is 5.96. The van der Waals surface area contributed by atoms with Crippen LogP contribution in [0.5, 0.6) is 5.75 Å². The average molecular weight is 328 g/mol. The van der Waals surface area contributed by atoms with Gasteiger partial charge in [0.2, 0.25) is 0 Å². The first-order valence-corrected chi connectivity index (χ1v) is 7.71. The molecular formula is C16H26BrNO. The molecule has 0 radical (unpaired) electrons. The first-order valence-electron chi connectivity index (χ1n) is 6.91. The Balaban J connectivity index is 2.76. The van der Waals surface area contributed by atoms with Gasteiger partial charge in [0.1, 0.15) is 5.75 Å². The molecule has 1 aromatic rings. The summed E-state index contributed by atoms with van der Waals surface area (Å²) in [6.07, 6.45) is 2.22. The molecule has 2 nitrogen and oxygen atoms in total. The zero-order chi connectivity index (χ0) is 14.5. The Kier molecular flexibility index (Phi) is 6.34. The Morgan fingerprint density at radius 3 is 2.47 bits per heavy atom. The molecule has 0 saturated carbocycles. The average Bonchev–Trinajstić information content (AvgIpc) is 2.27. The second-order valence-electron chi connectivity index (χ2n) is 6.19. The molecule has 0 aromatic heterocycles. The molecular weight excluding hydrogens is 302 g/mol. The van der Waals surface area contributed by atoms with Crippen LogP contribution in [0.25, 0.3) is 0 Å². The van der Waals surface area contributed by atoms with E-state index in [2.05, 4.69) is 61.1 Å². The number of benzene rings is 1. The van der Waals surface area contributed by atoms with E-state index in [9.17, 15) is 0 Å². The largest absolute Gasteiger partial charge is 0.496 e. The Morgan fingerprint density at radius 1 is 1.32 bits per heavy atom. The smallest absolute Gasteiger partial charge is 0.133 e. The summed E-state index contributed by atoms with van der Waals surface area (Å²) in [6.45, 7) is 10.1. The number of hydrogen-bond donors (Lipinski definition) is 1. The summed E-state index contributed by atoms with van der Waals surface area (Å²) in [5.41, 5.74) is 1.68. The number of hydrogen-bond acceptors (Lipinski definition) is 2. The highest BCUT2D eigenvalue weighted by molar-refractivity contribution is 9.10. The molecule has 0 amide bonds. The third-order valence-corrected chi connectivity index (χ3v) is 3.67. The quantitative estimate of drug-likeness (QED) is 0.835. The van der Waals surface area contributed by atoms with Crippen LogP contribution in [0.15, 0.2) is 22.7 Å². The molecule has 108 valence electrons. The van der Waals surface area contributed by atoms with Crippen LogP contribution in [0, 0.1) is 5.41 Å². The molecule has 1 N–H and O–H groups in total. The Bertz CT molecular complexity index is 398. The summed E-state index contributed by atoms with van der Waals surface area (Å²) >= 11 is 3.55. The van der Waals surface area contributed by atoms with Crippen LogP contribution in [-0.2, 0) is 6.42 Å². The van der Waals surface area contributed by atoms with Gasteiger partial charge in [0, 0.05) is 6.04 Å². The van der Waals surface area contributed by atoms with Gasteiger partial charge >= 0.3 is 0 Å². The van der Waals surface area contributed by atoms with Crippen molar-refractivity contribution in [2.45, 2.75) is 46.6 Å². The van der Waals surface area contributed by atoms with Crippen LogP contribution < -0.4 is 10.1 Å². The molecule has 0 spiro atoms. The first-order chi connectivity index (χ1) is 8.85. The van der Waals surface area contributed by atoms with Gasteiger partial charge in [-0.05, 0) is 58.4 Å². The van der Waals surface area contributed by atoms with Crippen molar-refractivity contribution in [3.63, 3.8) is 0 Å². The van der Waals surface area contributed by atoms with Crippen molar-refractivity contribution in [2.24, 2.45) is 5.41 Å². The van der Waals surface area contributed by atoms with Crippen LogP contribution in [0.1, 0.15) is 39.7 Å². The van der Waals surface area contributed by atoms with Crippen molar-refractivity contribution in [1.29, 1.82) is 0 Å². The standard InChI is InChI=1S/C16H26BrNO/c1-6-18-13(11-16(2,3)4)9-12-7-8-15(19-5)14(17)10-12/h7-8,10,13,18H,6,9,11H2,1-5H3. The van der Waals surface area contributed by atoms with Gasteiger partial charge in [-0.1, -0.05) is 33.8 Å². The van der Waals surface area contributed by atoms with E-state index in [1.165, 1.54) is 12.0 Å². The first kappa shape index (κ1) is 16.5. The van der Waals surface area contributed by atoms with E-state index >= 15 is 0 Å². The summed E-state index contributed by atoms with van der Waals surface area (Å²) in [7, 11) is 1.70. The van der Waals surface area contributed by atoms with E-state index in [4.69, 9.17) is 4.74 Å². The molecule has 1 aromatic carbocycles. The van der Waals surface area contributed by atoms with Crippen molar-refractivity contribution >= 4 is 15.9 Å². The maximum atomic E-state index is 5.27. The van der Waals surface area contributed by atoms with Gasteiger partial charge in [0.25, 0.3) is 0 Å². The van der Waals surface area contributed by atoms with E-state index in [1.807, 2.05) is 6.07 Å². The van der Waals surface area contributed by atoms with Gasteiger partial charge < -0.3 is 10.1 Å². The highest BCUT2D eigenvalue weighted by atomic mass is 79.9. The van der Waals surface area contributed by atoms with Gasteiger partial charge in [-0.2, -0.15) is 0 Å². The van der Waals surface area contributed by atoms with Crippen LogP contribution in [-0.4, -0.2) is 19.7 Å². The summed E-state index contributed by atoms with van der Waals surface area (Å²) in [4.78, 5) is 0. The summed E-state index contributed by atoms with van der Waals surface area (Å²) in [5.74, 6) is 0.888.